The van der Waals surface area contributed by atoms with Crippen LogP contribution in [0.25, 0.3) is 11.2 Å². The first-order valence-corrected chi connectivity index (χ1v) is 6.19. The van der Waals surface area contributed by atoms with E-state index in [-0.39, 0.29) is 0 Å². The van der Waals surface area contributed by atoms with E-state index in [2.05, 4.69) is 40.2 Å². The van der Waals surface area contributed by atoms with Crippen LogP contribution in [0, 0.1) is 25.7 Å². The maximum Gasteiger partial charge on any atom is 0.158 e. The summed E-state index contributed by atoms with van der Waals surface area (Å²) in [6.07, 6.45) is 3.45. The summed E-state index contributed by atoms with van der Waals surface area (Å²) < 4.78 is 2.07. The van der Waals surface area contributed by atoms with Gasteiger partial charge in [-0.05, 0) is 33.3 Å². The molecule has 18 heavy (non-hydrogen) atoms. The summed E-state index contributed by atoms with van der Waals surface area (Å²) >= 11 is 0. The smallest absolute Gasteiger partial charge is 0.158 e. The second kappa shape index (κ2) is 8.30. The summed E-state index contributed by atoms with van der Waals surface area (Å²) in [5.41, 5.74) is 4.43. The van der Waals surface area contributed by atoms with Crippen molar-refractivity contribution < 1.29 is 0 Å². The number of hydrogen-bond donors (Lipinski definition) is 0. The molecule has 0 aliphatic carbocycles. The summed E-state index contributed by atoms with van der Waals surface area (Å²) in [4.78, 5) is 8.54. The van der Waals surface area contributed by atoms with Gasteiger partial charge in [-0.25, -0.2) is 4.98 Å². The van der Waals surface area contributed by atoms with Gasteiger partial charge in [-0.1, -0.05) is 13.8 Å². The third-order valence-electron chi connectivity index (χ3n) is 2.65. The summed E-state index contributed by atoms with van der Waals surface area (Å²) in [6, 6.07) is 0. The molecule has 2 aromatic rings. The molecule has 98 valence electrons. The minimum atomic E-state index is 0.965. The summed E-state index contributed by atoms with van der Waals surface area (Å²) in [5.74, 6) is 5.36. The molecule has 0 atom stereocenters. The lowest BCUT2D eigenvalue weighted by Crippen LogP contribution is -1.91. The Balaban J connectivity index is 0.000000415. The summed E-state index contributed by atoms with van der Waals surface area (Å²) in [7, 11) is 2.01. The van der Waals surface area contributed by atoms with Crippen molar-refractivity contribution in [2.75, 3.05) is 0 Å². The molecular weight excluding hydrogens is 222 g/mol. The first-order valence-electron chi connectivity index (χ1n) is 6.19. The van der Waals surface area contributed by atoms with E-state index < -0.39 is 0 Å². The number of nitrogens with zero attached hydrogens (tertiary/aromatic N) is 3. The lowest BCUT2D eigenvalue weighted by atomic mass is 10.3. The lowest BCUT2D eigenvalue weighted by Gasteiger charge is -1.95. The Labute approximate surface area is 110 Å². The zero-order valence-corrected chi connectivity index (χ0v) is 12.5. The molecule has 0 spiro atoms. The number of aryl methyl sites for hydroxylation is 2. The zero-order valence-electron chi connectivity index (χ0n) is 12.5. The van der Waals surface area contributed by atoms with E-state index in [0.717, 1.165) is 11.2 Å². The molecule has 0 amide bonds. The topological polar surface area (TPSA) is 30.7 Å². The summed E-state index contributed by atoms with van der Waals surface area (Å²) in [6.45, 7) is 11.8. The minimum Gasteiger partial charge on any atom is -0.331 e. The van der Waals surface area contributed by atoms with Crippen LogP contribution in [0.2, 0.25) is 0 Å². The number of rotatable bonds is 0. The third kappa shape index (κ3) is 3.59. The fourth-order valence-electron chi connectivity index (χ4n) is 1.42. The molecule has 0 saturated heterocycles. The van der Waals surface area contributed by atoms with Crippen molar-refractivity contribution in [3.63, 3.8) is 0 Å². The number of hydrogen-bond acceptors (Lipinski definition) is 2. The molecule has 0 fully saturated rings. The second-order valence-corrected chi connectivity index (χ2v) is 3.50. The normalized spacial score (nSPS) is 8.39. The van der Waals surface area contributed by atoms with E-state index >= 15 is 0 Å². The number of aromatic nitrogens is 3. The molecule has 0 bridgehead atoms. The summed E-state index contributed by atoms with van der Waals surface area (Å²) in [5, 5.41) is 0. The van der Waals surface area contributed by atoms with Gasteiger partial charge in [0.1, 0.15) is 5.52 Å². The van der Waals surface area contributed by atoms with Gasteiger partial charge in [0.05, 0.1) is 0 Å². The van der Waals surface area contributed by atoms with E-state index in [4.69, 9.17) is 0 Å². The van der Waals surface area contributed by atoms with Crippen LogP contribution in [0.4, 0.5) is 0 Å². The molecule has 2 heterocycles. The van der Waals surface area contributed by atoms with Crippen LogP contribution in [0.3, 0.4) is 0 Å². The standard InChI is InChI=1S/C9H11N3.C4H6.C2H6/c1-6-7(2)12(3)9-8(6)10-4-5-11-9;1-3-4-2;1-2/h4-5H,1-3H3;1-2H3;1-2H3. The molecular formula is C15H23N3. The Bertz CT molecular complexity index is 497. The van der Waals surface area contributed by atoms with Gasteiger partial charge in [-0.3, -0.25) is 4.98 Å². The van der Waals surface area contributed by atoms with Gasteiger partial charge < -0.3 is 4.57 Å². The van der Waals surface area contributed by atoms with Crippen molar-refractivity contribution >= 4 is 11.2 Å². The highest BCUT2D eigenvalue weighted by Crippen LogP contribution is 2.18. The first-order chi connectivity index (χ1) is 8.63. The van der Waals surface area contributed by atoms with Crippen LogP contribution in [0.5, 0.6) is 0 Å². The molecule has 0 aliphatic heterocycles. The van der Waals surface area contributed by atoms with Gasteiger partial charge in [0, 0.05) is 25.1 Å². The van der Waals surface area contributed by atoms with Crippen molar-refractivity contribution in [1.29, 1.82) is 0 Å². The maximum atomic E-state index is 4.28. The average molecular weight is 245 g/mol. The zero-order chi connectivity index (χ0) is 14.1. The Hall–Kier alpha value is -1.82. The Kier molecular flexibility index (Phi) is 7.46. The predicted molar refractivity (Wildman–Crippen MR) is 78.5 cm³/mol. The van der Waals surface area contributed by atoms with Crippen LogP contribution in [0.1, 0.15) is 39.0 Å². The average Bonchev–Trinajstić information content (AvgIpc) is 2.67. The third-order valence-corrected chi connectivity index (χ3v) is 2.65. The van der Waals surface area contributed by atoms with Gasteiger partial charge in [-0.15, -0.1) is 11.8 Å². The predicted octanol–water partition coefficient (Wildman–Crippen LogP) is 3.64. The Morgan fingerprint density at radius 3 is 1.94 bits per heavy atom. The van der Waals surface area contributed by atoms with E-state index in [1.54, 1.807) is 12.4 Å². The van der Waals surface area contributed by atoms with Crippen molar-refractivity contribution in [2.45, 2.75) is 41.5 Å². The fourth-order valence-corrected chi connectivity index (χ4v) is 1.42. The molecule has 0 saturated carbocycles. The van der Waals surface area contributed by atoms with E-state index in [9.17, 15) is 0 Å². The van der Waals surface area contributed by atoms with Crippen molar-refractivity contribution in [1.82, 2.24) is 14.5 Å². The monoisotopic (exact) mass is 245 g/mol. The highest BCUT2D eigenvalue weighted by molar-refractivity contribution is 5.76. The van der Waals surface area contributed by atoms with Gasteiger partial charge in [0.25, 0.3) is 0 Å². The molecule has 0 aliphatic rings. The number of fused-ring (bicyclic) bond motifs is 1. The van der Waals surface area contributed by atoms with Gasteiger partial charge >= 0.3 is 0 Å². The van der Waals surface area contributed by atoms with Crippen LogP contribution in [-0.2, 0) is 7.05 Å². The molecule has 2 aromatic heterocycles. The van der Waals surface area contributed by atoms with E-state index in [1.165, 1.54) is 11.3 Å². The second-order valence-electron chi connectivity index (χ2n) is 3.50. The molecule has 0 N–H and O–H groups in total. The van der Waals surface area contributed by atoms with Crippen LogP contribution in [0.15, 0.2) is 12.4 Å². The fraction of sp³-hybridized carbons (Fsp3) is 0.467. The van der Waals surface area contributed by atoms with Crippen molar-refractivity contribution in [3.05, 3.63) is 23.7 Å². The lowest BCUT2D eigenvalue weighted by molar-refractivity contribution is 0.894. The Morgan fingerprint density at radius 2 is 1.50 bits per heavy atom. The first kappa shape index (κ1) is 16.2. The minimum absolute atomic E-state index is 0.965. The molecule has 2 rings (SSSR count). The molecule has 0 aromatic carbocycles. The van der Waals surface area contributed by atoms with Gasteiger partial charge in [0.2, 0.25) is 0 Å². The van der Waals surface area contributed by atoms with Crippen LogP contribution in [-0.4, -0.2) is 14.5 Å². The van der Waals surface area contributed by atoms with E-state index in [0.29, 0.717) is 0 Å². The van der Waals surface area contributed by atoms with E-state index in [1.807, 2.05) is 34.7 Å². The Morgan fingerprint density at radius 1 is 1.00 bits per heavy atom. The molecule has 3 heteroatoms. The van der Waals surface area contributed by atoms with Gasteiger partial charge in [0.15, 0.2) is 5.65 Å². The van der Waals surface area contributed by atoms with Crippen LogP contribution < -0.4 is 0 Å². The SMILES string of the molecule is CC.CC#CC.Cc1c(C)n(C)c2nccnc12. The largest absolute Gasteiger partial charge is 0.331 e. The quantitative estimate of drug-likeness (QED) is 0.663. The molecule has 0 radical (unpaired) electrons. The van der Waals surface area contributed by atoms with Crippen molar-refractivity contribution in [3.8, 4) is 11.8 Å². The highest BCUT2D eigenvalue weighted by Gasteiger charge is 2.08. The molecule has 3 nitrogen and oxygen atoms in total. The highest BCUT2D eigenvalue weighted by atomic mass is 15.0. The van der Waals surface area contributed by atoms with Crippen LogP contribution >= 0.6 is 0 Å². The van der Waals surface area contributed by atoms with Crippen molar-refractivity contribution in [2.24, 2.45) is 7.05 Å². The molecule has 0 unspecified atom stereocenters. The van der Waals surface area contributed by atoms with Gasteiger partial charge in [-0.2, -0.15) is 0 Å². The maximum absolute atomic E-state index is 4.28.